The minimum absolute atomic E-state index is 0.0794. The van der Waals surface area contributed by atoms with Crippen molar-refractivity contribution >= 4 is 23.0 Å². The minimum Gasteiger partial charge on any atom is -0.387 e. The number of nitrogens with zero attached hydrogens (tertiary/aromatic N) is 4. The van der Waals surface area contributed by atoms with E-state index >= 15 is 0 Å². The Morgan fingerprint density at radius 1 is 1.38 bits per heavy atom. The van der Waals surface area contributed by atoms with Gasteiger partial charge >= 0.3 is 0 Å². The quantitative estimate of drug-likeness (QED) is 0.812. The van der Waals surface area contributed by atoms with Crippen molar-refractivity contribution in [3.63, 3.8) is 0 Å². The highest BCUT2D eigenvalue weighted by Gasteiger charge is 2.47. The minimum atomic E-state index is -0.339. The van der Waals surface area contributed by atoms with E-state index in [9.17, 15) is 4.79 Å². The number of hydrogen-bond acceptors (Lipinski definition) is 6. The van der Waals surface area contributed by atoms with Gasteiger partial charge in [-0.2, -0.15) is 0 Å². The lowest BCUT2D eigenvalue weighted by Gasteiger charge is -2.22. The number of rotatable bonds is 5. The zero-order valence-electron chi connectivity index (χ0n) is 14.8. The predicted molar refractivity (Wildman–Crippen MR) is 101 cm³/mol. The van der Waals surface area contributed by atoms with Gasteiger partial charge in [0.2, 0.25) is 0 Å². The van der Waals surface area contributed by atoms with Crippen LogP contribution in [0.4, 0.5) is 0 Å². The second-order valence-electron chi connectivity index (χ2n) is 7.01. The van der Waals surface area contributed by atoms with Crippen LogP contribution in [0.15, 0.2) is 47.1 Å². The maximum absolute atomic E-state index is 12.7. The maximum atomic E-state index is 12.7. The van der Waals surface area contributed by atoms with Crippen molar-refractivity contribution < 1.29 is 9.63 Å². The van der Waals surface area contributed by atoms with Crippen molar-refractivity contribution in [2.24, 2.45) is 5.16 Å². The molecule has 0 aromatic carbocycles. The average molecular weight is 370 g/mol. The van der Waals surface area contributed by atoms with Crippen molar-refractivity contribution in [3.8, 4) is 0 Å². The predicted octanol–water partition coefficient (Wildman–Crippen LogP) is 2.52. The molecule has 2 aromatic heterocycles. The number of amides is 1. The summed E-state index contributed by atoms with van der Waals surface area (Å²) in [5.41, 5.74) is 1.04. The van der Waals surface area contributed by atoms with E-state index < -0.39 is 0 Å². The molecular formula is C19H22N4O2S. The molecule has 1 amide bonds. The lowest BCUT2D eigenvalue weighted by atomic mass is 9.96. The second kappa shape index (κ2) is 7.17. The fraction of sp³-hybridized carbons (Fsp3) is 0.421. The smallest absolute Gasteiger partial charge is 0.271 e. The van der Waals surface area contributed by atoms with Crippen molar-refractivity contribution in [1.29, 1.82) is 0 Å². The first kappa shape index (κ1) is 17.2. The summed E-state index contributed by atoms with van der Waals surface area (Å²) >= 11 is 1.77. The van der Waals surface area contributed by atoms with Gasteiger partial charge in [-0.25, -0.2) is 0 Å². The Morgan fingerprint density at radius 3 is 3.08 bits per heavy atom. The van der Waals surface area contributed by atoms with E-state index in [4.69, 9.17) is 4.84 Å². The Hall–Kier alpha value is -2.25. The first-order valence-electron chi connectivity index (χ1n) is 8.79. The number of oxime groups is 1. The van der Waals surface area contributed by atoms with E-state index in [2.05, 4.69) is 32.6 Å². The Morgan fingerprint density at radius 2 is 2.31 bits per heavy atom. The van der Waals surface area contributed by atoms with Crippen LogP contribution in [-0.4, -0.2) is 52.1 Å². The van der Waals surface area contributed by atoms with Gasteiger partial charge in [0.25, 0.3) is 5.91 Å². The molecule has 0 radical (unpaired) electrons. The molecule has 0 unspecified atom stereocenters. The molecule has 4 rings (SSSR count). The number of carbonyl (C=O) groups is 1. The molecule has 2 aliphatic rings. The molecule has 136 valence electrons. The van der Waals surface area contributed by atoms with Gasteiger partial charge < -0.3 is 9.74 Å². The lowest BCUT2D eigenvalue weighted by molar-refractivity contribution is -0.123. The van der Waals surface area contributed by atoms with E-state index in [1.807, 2.05) is 18.2 Å². The van der Waals surface area contributed by atoms with Crippen molar-refractivity contribution in [2.45, 2.75) is 31.5 Å². The second-order valence-corrected chi connectivity index (χ2v) is 8.04. The molecule has 4 heterocycles. The molecule has 2 aromatic rings. The van der Waals surface area contributed by atoms with Gasteiger partial charge in [0.15, 0.2) is 5.60 Å². The number of pyridine rings is 1. The Bertz CT molecular complexity index is 793. The van der Waals surface area contributed by atoms with Crippen molar-refractivity contribution in [1.82, 2.24) is 14.8 Å². The molecule has 1 atom stereocenters. The first-order valence-corrected chi connectivity index (χ1v) is 9.67. The molecule has 0 N–H and O–H groups in total. The number of thiophene rings is 1. The average Bonchev–Trinajstić information content (AvgIpc) is 3.39. The van der Waals surface area contributed by atoms with Crippen LogP contribution in [0.2, 0.25) is 0 Å². The van der Waals surface area contributed by atoms with Crippen molar-refractivity contribution in [3.05, 3.63) is 52.5 Å². The van der Waals surface area contributed by atoms with Crippen LogP contribution < -0.4 is 0 Å². The molecule has 1 saturated heterocycles. The normalized spacial score (nSPS) is 22.4. The van der Waals surface area contributed by atoms with Gasteiger partial charge in [0.05, 0.1) is 12.2 Å². The molecule has 0 saturated carbocycles. The van der Waals surface area contributed by atoms with Gasteiger partial charge in [-0.3, -0.25) is 14.7 Å². The van der Waals surface area contributed by atoms with Crippen LogP contribution in [0, 0.1) is 0 Å². The fourth-order valence-corrected chi connectivity index (χ4v) is 4.31. The van der Waals surface area contributed by atoms with Gasteiger partial charge in [-0.1, -0.05) is 17.3 Å². The number of hydrogen-bond donors (Lipinski definition) is 0. The summed E-state index contributed by atoms with van der Waals surface area (Å²) in [4.78, 5) is 28.1. The summed E-state index contributed by atoms with van der Waals surface area (Å²) in [7, 11) is 1.78. The van der Waals surface area contributed by atoms with Crippen LogP contribution in [0.1, 0.15) is 23.4 Å². The van der Waals surface area contributed by atoms with Crippen LogP contribution >= 0.6 is 11.3 Å². The van der Waals surface area contributed by atoms with Gasteiger partial charge in [0, 0.05) is 50.6 Å². The molecule has 0 bridgehead atoms. The maximum Gasteiger partial charge on any atom is 0.271 e. The molecule has 2 aliphatic heterocycles. The standard InChI is InChI=1S/C19H22N4O2S/c1-22(12-15-5-2-3-8-20-15)18(24)17-11-19(25-21-17)7-9-23(14-19)13-16-6-4-10-26-16/h2-6,8,10H,7,9,11-14H2,1H3/t19-/m0/s1. The summed E-state index contributed by atoms with van der Waals surface area (Å²) < 4.78 is 0. The fourth-order valence-electron chi connectivity index (χ4n) is 3.57. The van der Waals surface area contributed by atoms with Crippen LogP contribution in [0.25, 0.3) is 0 Å². The lowest BCUT2D eigenvalue weighted by Crippen LogP contribution is -2.37. The Balaban J connectivity index is 1.33. The third-order valence-corrected chi connectivity index (χ3v) is 5.77. The van der Waals surface area contributed by atoms with E-state index in [0.717, 1.165) is 31.7 Å². The molecule has 0 aliphatic carbocycles. The largest absolute Gasteiger partial charge is 0.387 e. The summed E-state index contributed by atoms with van der Waals surface area (Å²) in [6.45, 7) is 3.19. The highest BCUT2D eigenvalue weighted by atomic mass is 32.1. The summed E-state index contributed by atoms with van der Waals surface area (Å²) in [6, 6.07) is 9.94. The van der Waals surface area contributed by atoms with Gasteiger partial charge in [0.1, 0.15) is 5.71 Å². The van der Waals surface area contributed by atoms with Gasteiger partial charge in [-0.05, 0) is 23.6 Å². The number of carbonyl (C=O) groups excluding carboxylic acids is 1. The van der Waals surface area contributed by atoms with Gasteiger partial charge in [-0.15, -0.1) is 11.3 Å². The Labute approximate surface area is 157 Å². The third-order valence-electron chi connectivity index (χ3n) is 4.91. The Kier molecular flexibility index (Phi) is 4.74. The topological polar surface area (TPSA) is 58.0 Å². The molecule has 7 heteroatoms. The van der Waals surface area contributed by atoms with E-state index in [1.54, 1.807) is 29.5 Å². The molecule has 1 spiro atoms. The van der Waals surface area contributed by atoms with E-state index in [0.29, 0.717) is 18.7 Å². The summed E-state index contributed by atoms with van der Waals surface area (Å²) in [6.07, 6.45) is 3.22. The zero-order valence-corrected chi connectivity index (χ0v) is 15.6. The highest BCUT2D eigenvalue weighted by Crippen LogP contribution is 2.35. The van der Waals surface area contributed by atoms with Crippen molar-refractivity contribution in [2.75, 3.05) is 20.1 Å². The van der Waals surface area contributed by atoms with Crippen LogP contribution in [0.3, 0.4) is 0 Å². The van der Waals surface area contributed by atoms with E-state index in [1.165, 1.54) is 4.88 Å². The van der Waals surface area contributed by atoms with Crippen LogP contribution in [0.5, 0.6) is 0 Å². The zero-order chi connectivity index (χ0) is 18.0. The SMILES string of the molecule is CN(Cc1ccccn1)C(=O)C1=NO[C@@]2(CCN(Cc3cccs3)C2)C1. The molecule has 6 nitrogen and oxygen atoms in total. The number of aromatic nitrogens is 1. The van der Waals surface area contributed by atoms with E-state index in [-0.39, 0.29) is 11.5 Å². The summed E-state index contributed by atoms with van der Waals surface area (Å²) in [5, 5.41) is 6.25. The molecular weight excluding hydrogens is 348 g/mol. The van der Waals surface area contributed by atoms with Crippen LogP contribution in [-0.2, 0) is 22.7 Å². The molecule has 1 fully saturated rings. The number of likely N-dealkylation sites (tertiary alicyclic amines) is 1. The first-order chi connectivity index (χ1) is 12.6. The monoisotopic (exact) mass is 370 g/mol. The summed E-state index contributed by atoms with van der Waals surface area (Å²) in [5.74, 6) is -0.0794. The molecule has 26 heavy (non-hydrogen) atoms. The highest BCUT2D eigenvalue weighted by molar-refractivity contribution is 7.09. The third kappa shape index (κ3) is 3.64.